The van der Waals surface area contributed by atoms with E-state index in [1.165, 1.54) is 17.2 Å². The van der Waals surface area contributed by atoms with Crippen LogP contribution in [0.3, 0.4) is 0 Å². The van der Waals surface area contributed by atoms with Crippen LogP contribution in [0.15, 0.2) is 34.9 Å². The van der Waals surface area contributed by atoms with Crippen LogP contribution in [0.4, 0.5) is 0 Å². The lowest BCUT2D eigenvalue weighted by atomic mass is 9.86. The van der Waals surface area contributed by atoms with Gasteiger partial charge in [-0.05, 0) is 78.9 Å². The van der Waals surface area contributed by atoms with E-state index in [9.17, 15) is 4.79 Å². The van der Waals surface area contributed by atoms with E-state index in [0.29, 0.717) is 30.1 Å². The number of hydrogen-bond donors (Lipinski definition) is 0. The molecule has 0 spiro atoms. The van der Waals surface area contributed by atoms with Crippen molar-refractivity contribution in [2.75, 3.05) is 7.11 Å². The molecule has 0 bridgehead atoms. The Morgan fingerprint density at radius 3 is 2.57 bits per heavy atom. The van der Waals surface area contributed by atoms with Gasteiger partial charge in [0, 0.05) is 12.8 Å². The molecule has 1 aliphatic carbocycles. The van der Waals surface area contributed by atoms with Gasteiger partial charge in [0.25, 0.3) is 0 Å². The second kappa shape index (κ2) is 14.6. The van der Waals surface area contributed by atoms with Gasteiger partial charge in [-0.2, -0.15) is 0 Å². The fourth-order valence-electron chi connectivity index (χ4n) is 4.35. The molecule has 0 saturated heterocycles. The summed E-state index contributed by atoms with van der Waals surface area (Å²) >= 11 is 3.79. The largest absolute Gasteiger partial charge is 0.469 e. The Bertz CT molecular complexity index is 825. The number of methoxy groups -OCH3 is 1. The van der Waals surface area contributed by atoms with Gasteiger partial charge in [-0.25, -0.2) is 0 Å². The quantitative estimate of drug-likeness (QED) is 0.0780. The molecular formula is C30H49BrO3Si. The van der Waals surface area contributed by atoms with E-state index in [4.69, 9.17) is 9.16 Å². The highest BCUT2D eigenvalue weighted by molar-refractivity contribution is 9.11. The van der Waals surface area contributed by atoms with Crippen LogP contribution in [0, 0.1) is 35.5 Å². The molecule has 0 aliphatic heterocycles. The van der Waals surface area contributed by atoms with Crippen molar-refractivity contribution in [1.29, 1.82) is 0 Å². The third-order valence-corrected chi connectivity index (χ3v) is 12.9. The van der Waals surface area contributed by atoms with Gasteiger partial charge in [0.1, 0.15) is 0 Å². The van der Waals surface area contributed by atoms with Gasteiger partial charge in [-0.15, -0.1) is 11.8 Å². The summed E-state index contributed by atoms with van der Waals surface area (Å²) in [6, 6.07) is 0. The highest BCUT2D eigenvalue weighted by Crippen LogP contribution is 2.45. The first-order valence-corrected chi connectivity index (χ1v) is 16.8. The van der Waals surface area contributed by atoms with Crippen LogP contribution in [0.1, 0.15) is 80.1 Å². The van der Waals surface area contributed by atoms with Crippen LogP contribution >= 0.6 is 15.9 Å². The third-order valence-electron chi connectivity index (χ3n) is 7.75. The Kier molecular flexibility index (Phi) is 13.3. The van der Waals surface area contributed by atoms with Gasteiger partial charge < -0.3 is 9.16 Å². The van der Waals surface area contributed by atoms with Crippen LogP contribution in [0.2, 0.25) is 18.1 Å². The summed E-state index contributed by atoms with van der Waals surface area (Å²) in [7, 11) is -0.478. The van der Waals surface area contributed by atoms with Gasteiger partial charge in [-0.1, -0.05) is 80.9 Å². The summed E-state index contributed by atoms with van der Waals surface area (Å²) in [5.74, 6) is 7.91. The number of carbonyl (C=O) groups excluding carboxylic acids is 1. The van der Waals surface area contributed by atoms with Gasteiger partial charge >= 0.3 is 5.97 Å². The molecule has 198 valence electrons. The summed E-state index contributed by atoms with van der Waals surface area (Å²) in [5.41, 5.74) is 1.33. The average Bonchev–Trinajstić information content (AvgIpc) is 3.03. The molecule has 1 fully saturated rings. The van der Waals surface area contributed by atoms with Crippen molar-refractivity contribution in [1.82, 2.24) is 0 Å². The van der Waals surface area contributed by atoms with Crippen molar-refractivity contribution in [2.24, 2.45) is 23.7 Å². The average molecular weight is 566 g/mol. The number of hydrogen-bond acceptors (Lipinski definition) is 3. The molecule has 35 heavy (non-hydrogen) atoms. The molecule has 0 N–H and O–H groups in total. The minimum absolute atomic E-state index is 0.0655. The van der Waals surface area contributed by atoms with Crippen molar-refractivity contribution >= 4 is 30.2 Å². The molecule has 0 amide bonds. The summed E-state index contributed by atoms with van der Waals surface area (Å²) in [6.07, 6.45) is 12.0. The lowest BCUT2D eigenvalue weighted by molar-refractivity contribution is -0.140. The number of rotatable bonds is 12. The maximum absolute atomic E-state index is 11.3. The van der Waals surface area contributed by atoms with E-state index in [-0.39, 0.29) is 17.1 Å². The number of halogens is 1. The molecule has 0 radical (unpaired) electrons. The number of carbonyl (C=O) groups is 1. The SMILES string of the molecule is C=C1C[C@@H](C)[C@H](/C=C/[C@@H](O[Si](C)(C)C(C)(C)C)C(C)CC#CC)[C@H]1C/C(Br)=C/CCCC(=O)OC. The molecule has 1 saturated carbocycles. The highest BCUT2D eigenvalue weighted by Gasteiger charge is 2.40. The van der Waals surface area contributed by atoms with Crippen molar-refractivity contribution < 1.29 is 14.0 Å². The van der Waals surface area contributed by atoms with E-state index in [2.05, 4.69) is 100 Å². The zero-order chi connectivity index (χ0) is 26.8. The second-order valence-corrected chi connectivity index (χ2v) is 17.5. The topological polar surface area (TPSA) is 35.5 Å². The van der Waals surface area contributed by atoms with Crippen molar-refractivity contribution in [3.63, 3.8) is 0 Å². The number of esters is 1. The first-order chi connectivity index (χ1) is 16.2. The van der Waals surface area contributed by atoms with Crippen LogP contribution in [0.25, 0.3) is 0 Å². The Morgan fingerprint density at radius 2 is 2.00 bits per heavy atom. The smallest absolute Gasteiger partial charge is 0.305 e. The fraction of sp³-hybridized carbons (Fsp3) is 0.700. The Balaban J connectivity index is 3.02. The first-order valence-electron chi connectivity index (χ1n) is 13.1. The summed E-state index contributed by atoms with van der Waals surface area (Å²) in [6.45, 7) is 22.5. The van der Waals surface area contributed by atoms with Crippen molar-refractivity contribution in [3.8, 4) is 11.8 Å². The van der Waals surface area contributed by atoms with Crippen molar-refractivity contribution in [3.05, 3.63) is 34.9 Å². The Hall–Kier alpha value is -1.09. The molecule has 0 aromatic heterocycles. The molecule has 1 aliphatic rings. The predicted octanol–water partition coefficient (Wildman–Crippen LogP) is 8.82. The highest BCUT2D eigenvalue weighted by atomic mass is 79.9. The van der Waals surface area contributed by atoms with E-state index in [1.54, 1.807) is 0 Å². The molecule has 1 rings (SSSR count). The number of ether oxygens (including phenoxy) is 1. The summed E-state index contributed by atoms with van der Waals surface area (Å²) < 4.78 is 12.8. The standard InChI is InChI=1S/C30H49BrO3Si/c1-11-12-15-22(2)28(34-35(9,10)30(5,6)7)19-18-26-23(3)20-24(4)27(26)21-25(31)16-13-14-17-29(32)33-8/h16,18-19,22-23,26-28H,4,13-15,17,20-21H2,1-3,5-10H3/b19-18+,25-16-/t22?,23-,26+,27+,28-/m1/s1. The fourth-order valence-corrected chi connectivity index (χ4v) is 6.28. The van der Waals surface area contributed by atoms with Gasteiger partial charge in [0.05, 0.1) is 13.2 Å². The van der Waals surface area contributed by atoms with E-state index < -0.39 is 8.32 Å². The Labute approximate surface area is 225 Å². The van der Waals surface area contributed by atoms with E-state index in [1.807, 2.05) is 6.92 Å². The van der Waals surface area contributed by atoms with Crippen LogP contribution in [0.5, 0.6) is 0 Å². The number of unbranched alkanes of at least 4 members (excludes halogenated alkanes) is 1. The third kappa shape index (κ3) is 10.4. The normalized spacial score (nSPS) is 23.2. The van der Waals surface area contributed by atoms with Gasteiger partial charge in [0.15, 0.2) is 8.32 Å². The van der Waals surface area contributed by atoms with Crippen molar-refractivity contribution in [2.45, 2.75) is 104 Å². The molecule has 1 unspecified atom stereocenters. The van der Waals surface area contributed by atoms with Crippen LogP contribution in [-0.2, 0) is 14.0 Å². The monoisotopic (exact) mass is 564 g/mol. The molecule has 0 heterocycles. The molecule has 0 aromatic carbocycles. The molecule has 3 nitrogen and oxygen atoms in total. The molecule has 5 heteroatoms. The summed E-state index contributed by atoms with van der Waals surface area (Å²) in [5, 5.41) is 0.163. The second-order valence-electron chi connectivity index (χ2n) is 11.7. The summed E-state index contributed by atoms with van der Waals surface area (Å²) in [4.78, 5) is 11.3. The minimum Gasteiger partial charge on any atom is -0.469 e. The van der Waals surface area contributed by atoms with Gasteiger partial charge in [-0.3, -0.25) is 4.79 Å². The van der Waals surface area contributed by atoms with Gasteiger partial charge in [0.2, 0.25) is 0 Å². The molecule has 5 atom stereocenters. The minimum atomic E-state index is -1.92. The molecule has 0 aromatic rings. The zero-order valence-corrected chi connectivity index (χ0v) is 26.3. The lowest BCUT2D eigenvalue weighted by Gasteiger charge is -2.40. The molecular weight excluding hydrogens is 516 g/mol. The van der Waals surface area contributed by atoms with E-state index >= 15 is 0 Å². The van der Waals surface area contributed by atoms with Crippen LogP contribution in [-0.4, -0.2) is 27.5 Å². The zero-order valence-electron chi connectivity index (χ0n) is 23.7. The predicted molar refractivity (Wildman–Crippen MR) is 156 cm³/mol. The Morgan fingerprint density at radius 1 is 1.34 bits per heavy atom. The lowest BCUT2D eigenvalue weighted by Crippen LogP contribution is -2.45. The maximum atomic E-state index is 11.3. The maximum Gasteiger partial charge on any atom is 0.305 e. The van der Waals surface area contributed by atoms with E-state index in [0.717, 1.165) is 32.1 Å². The van der Waals surface area contributed by atoms with Crippen LogP contribution < -0.4 is 0 Å². The first kappa shape index (κ1) is 31.9. The number of allylic oxidation sites excluding steroid dienone is 4.